The third kappa shape index (κ3) is 3.03. The number of nitrogens with zero attached hydrogens (tertiary/aromatic N) is 6. The van der Waals surface area contributed by atoms with Gasteiger partial charge < -0.3 is 14.5 Å². The van der Waals surface area contributed by atoms with Gasteiger partial charge in [0.1, 0.15) is 11.6 Å². The Morgan fingerprint density at radius 2 is 1.62 bits per heavy atom. The van der Waals surface area contributed by atoms with E-state index >= 15 is 0 Å². The van der Waals surface area contributed by atoms with Gasteiger partial charge in [-0.15, -0.1) is 10.2 Å². The molecular weight excluding hydrogens is 364 g/mol. The van der Waals surface area contributed by atoms with Gasteiger partial charge in [-0.3, -0.25) is 0 Å². The molecule has 0 N–H and O–H groups in total. The monoisotopic (exact) mass is 388 g/mol. The highest BCUT2D eigenvalue weighted by Gasteiger charge is 2.23. The molecule has 0 spiro atoms. The summed E-state index contributed by atoms with van der Waals surface area (Å²) >= 11 is 0. The fourth-order valence-electron chi connectivity index (χ4n) is 4.02. The van der Waals surface area contributed by atoms with Crippen molar-refractivity contribution < 1.29 is 4.74 Å². The van der Waals surface area contributed by atoms with Crippen molar-refractivity contribution in [3.63, 3.8) is 0 Å². The maximum absolute atomic E-state index is 5.27. The fourth-order valence-corrected chi connectivity index (χ4v) is 4.02. The molecule has 1 aliphatic heterocycles. The molecule has 7 nitrogen and oxygen atoms in total. The van der Waals surface area contributed by atoms with Crippen LogP contribution in [0.1, 0.15) is 12.7 Å². The number of hydrogen-bond donors (Lipinski definition) is 0. The highest BCUT2D eigenvalue weighted by Crippen LogP contribution is 2.26. The van der Waals surface area contributed by atoms with Crippen LogP contribution in [0.5, 0.6) is 5.75 Å². The molecule has 3 heterocycles. The van der Waals surface area contributed by atoms with E-state index in [9.17, 15) is 0 Å². The van der Waals surface area contributed by atoms with E-state index in [0.717, 1.165) is 66.7 Å². The second-order valence-electron chi connectivity index (χ2n) is 7.23. The average molecular weight is 388 g/mol. The summed E-state index contributed by atoms with van der Waals surface area (Å²) in [6.45, 7) is 5.77. The first kappa shape index (κ1) is 17.7. The number of ether oxygens (including phenoxy) is 1. The second kappa shape index (κ2) is 7.24. The molecule has 1 aliphatic rings. The van der Waals surface area contributed by atoms with E-state index in [-0.39, 0.29) is 0 Å². The quantitative estimate of drug-likeness (QED) is 0.535. The maximum Gasteiger partial charge on any atom is 0.213 e. The van der Waals surface area contributed by atoms with Crippen LogP contribution in [-0.2, 0) is 6.42 Å². The minimum Gasteiger partial charge on any atom is -0.497 e. The number of methoxy groups -OCH3 is 1. The third-order valence-corrected chi connectivity index (χ3v) is 5.61. The molecule has 4 aromatic rings. The fraction of sp³-hybridized carbons (Fsp3) is 0.318. The number of aromatic nitrogens is 4. The molecule has 1 saturated heterocycles. The van der Waals surface area contributed by atoms with Crippen LogP contribution in [0.3, 0.4) is 0 Å². The van der Waals surface area contributed by atoms with Crippen LogP contribution in [0.15, 0.2) is 48.5 Å². The Balaban J connectivity index is 1.47. The molecule has 0 atom stereocenters. The molecule has 0 amide bonds. The minimum absolute atomic E-state index is 0.819. The van der Waals surface area contributed by atoms with Crippen molar-refractivity contribution in [3.8, 4) is 5.75 Å². The number of benzene rings is 2. The zero-order valence-corrected chi connectivity index (χ0v) is 16.7. The molecule has 0 unspecified atom stereocenters. The molecule has 0 aliphatic carbocycles. The molecule has 0 radical (unpaired) electrons. The van der Waals surface area contributed by atoms with Gasteiger partial charge in [0.25, 0.3) is 0 Å². The van der Waals surface area contributed by atoms with E-state index < -0.39 is 0 Å². The van der Waals surface area contributed by atoms with Crippen LogP contribution in [-0.4, -0.2) is 52.9 Å². The molecule has 0 saturated carbocycles. The van der Waals surface area contributed by atoms with Gasteiger partial charge in [-0.25, -0.2) is 9.38 Å². The molecule has 0 bridgehead atoms. The summed E-state index contributed by atoms with van der Waals surface area (Å²) in [5.74, 6) is 2.77. The predicted octanol–water partition coefficient (Wildman–Crippen LogP) is 3.18. The Morgan fingerprint density at radius 3 is 2.34 bits per heavy atom. The van der Waals surface area contributed by atoms with Gasteiger partial charge in [0.15, 0.2) is 5.65 Å². The lowest BCUT2D eigenvalue weighted by Crippen LogP contribution is -2.47. The number of para-hydroxylation sites is 1. The molecule has 7 heteroatoms. The zero-order chi connectivity index (χ0) is 19.8. The molecule has 2 aromatic heterocycles. The third-order valence-electron chi connectivity index (χ3n) is 5.61. The summed E-state index contributed by atoms with van der Waals surface area (Å²) in [6, 6.07) is 16.4. The first-order valence-corrected chi connectivity index (χ1v) is 10.0. The standard InChI is InChI=1S/C22H24N6O/c1-3-20-24-25-21-18-6-4-5-7-19(18)23-22(28(20)21)27-14-12-26(13-15-27)16-8-10-17(29-2)11-9-16/h4-11H,3,12-15H2,1-2H3. The van der Waals surface area contributed by atoms with Crippen LogP contribution in [0.4, 0.5) is 11.6 Å². The normalized spacial score (nSPS) is 14.7. The van der Waals surface area contributed by atoms with E-state index in [1.165, 1.54) is 5.69 Å². The molecule has 1 fully saturated rings. The SMILES string of the molecule is CCc1nnc2c3ccccc3nc(N3CCN(c4ccc(OC)cc4)CC3)n12. The molecule has 5 rings (SSSR count). The van der Waals surface area contributed by atoms with Gasteiger partial charge in [-0.05, 0) is 36.4 Å². The Labute approximate surface area is 169 Å². The number of hydrogen-bond acceptors (Lipinski definition) is 6. The summed E-state index contributed by atoms with van der Waals surface area (Å²) in [5, 5.41) is 9.94. The summed E-state index contributed by atoms with van der Waals surface area (Å²) in [6.07, 6.45) is 0.819. The first-order chi connectivity index (χ1) is 14.3. The second-order valence-corrected chi connectivity index (χ2v) is 7.23. The Hall–Kier alpha value is -3.35. The number of anilines is 2. The van der Waals surface area contributed by atoms with Gasteiger partial charge in [-0.2, -0.15) is 0 Å². The van der Waals surface area contributed by atoms with Gasteiger partial charge in [-0.1, -0.05) is 19.1 Å². The van der Waals surface area contributed by atoms with Crippen LogP contribution in [0.25, 0.3) is 16.6 Å². The number of rotatable bonds is 4. The number of aryl methyl sites for hydroxylation is 1. The maximum atomic E-state index is 5.27. The van der Waals surface area contributed by atoms with Gasteiger partial charge >= 0.3 is 0 Å². The minimum atomic E-state index is 0.819. The number of piperazine rings is 1. The largest absolute Gasteiger partial charge is 0.497 e. The van der Waals surface area contributed by atoms with Crippen LogP contribution in [0, 0.1) is 0 Å². The van der Waals surface area contributed by atoms with Crippen molar-refractivity contribution in [2.75, 3.05) is 43.1 Å². The van der Waals surface area contributed by atoms with Crippen LogP contribution >= 0.6 is 0 Å². The van der Waals surface area contributed by atoms with Crippen molar-refractivity contribution >= 4 is 28.2 Å². The summed E-state index contributed by atoms with van der Waals surface area (Å²) in [5.41, 5.74) is 3.07. The highest BCUT2D eigenvalue weighted by molar-refractivity contribution is 5.92. The molecular formula is C22H24N6O. The van der Waals surface area contributed by atoms with Crippen molar-refractivity contribution in [2.45, 2.75) is 13.3 Å². The zero-order valence-electron chi connectivity index (χ0n) is 16.7. The van der Waals surface area contributed by atoms with Crippen LogP contribution < -0.4 is 14.5 Å². The van der Waals surface area contributed by atoms with E-state index in [0.29, 0.717) is 0 Å². The Morgan fingerprint density at radius 1 is 0.897 bits per heavy atom. The smallest absolute Gasteiger partial charge is 0.213 e. The van der Waals surface area contributed by atoms with Crippen molar-refractivity contribution in [2.24, 2.45) is 0 Å². The van der Waals surface area contributed by atoms with E-state index in [2.05, 4.69) is 49.5 Å². The number of fused-ring (bicyclic) bond motifs is 3. The predicted molar refractivity (Wildman–Crippen MR) is 115 cm³/mol. The van der Waals surface area contributed by atoms with Gasteiger partial charge in [0.05, 0.1) is 12.6 Å². The lowest BCUT2D eigenvalue weighted by molar-refractivity contribution is 0.415. The summed E-state index contributed by atoms with van der Waals surface area (Å²) in [4.78, 5) is 9.76. The molecule has 29 heavy (non-hydrogen) atoms. The van der Waals surface area contributed by atoms with Crippen LogP contribution in [0.2, 0.25) is 0 Å². The highest BCUT2D eigenvalue weighted by atomic mass is 16.5. The Bertz CT molecular complexity index is 1150. The summed E-state index contributed by atoms with van der Waals surface area (Å²) < 4.78 is 7.40. The lowest BCUT2D eigenvalue weighted by Gasteiger charge is -2.37. The van der Waals surface area contributed by atoms with Crippen molar-refractivity contribution in [1.29, 1.82) is 0 Å². The van der Waals surface area contributed by atoms with E-state index in [1.807, 2.05) is 30.3 Å². The topological polar surface area (TPSA) is 58.8 Å². The van der Waals surface area contributed by atoms with Crippen molar-refractivity contribution in [1.82, 2.24) is 19.6 Å². The van der Waals surface area contributed by atoms with E-state index in [1.54, 1.807) is 7.11 Å². The lowest BCUT2D eigenvalue weighted by atomic mass is 10.2. The van der Waals surface area contributed by atoms with Crippen molar-refractivity contribution in [3.05, 3.63) is 54.4 Å². The van der Waals surface area contributed by atoms with Gasteiger partial charge in [0.2, 0.25) is 5.95 Å². The summed E-state index contributed by atoms with van der Waals surface area (Å²) in [7, 11) is 1.70. The van der Waals surface area contributed by atoms with Gasteiger partial charge in [0, 0.05) is 43.7 Å². The molecule has 148 valence electrons. The Kier molecular flexibility index (Phi) is 4.42. The van der Waals surface area contributed by atoms with E-state index in [4.69, 9.17) is 9.72 Å². The first-order valence-electron chi connectivity index (χ1n) is 10.0. The molecule has 2 aromatic carbocycles. The average Bonchev–Trinajstić information content (AvgIpc) is 3.23.